The molecule has 60 valence electrons. The largest absolute Gasteiger partial charge is 0.450 e. The highest BCUT2D eigenvalue weighted by molar-refractivity contribution is 7.85. The predicted molar refractivity (Wildman–Crippen MR) is 30.0 cm³/mol. The summed E-state index contributed by atoms with van der Waals surface area (Å²) < 4.78 is 44.1. The molecule has 0 aromatic carbocycles. The molecule has 0 fully saturated rings. The van der Waals surface area contributed by atoms with Crippen molar-refractivity contribution in [1.82, 2.24) is 0 Å². The van der Waals surface area contributed by atoms with Crippen LogP contribution in [0.4, 0.5) is 13.2 Å². The van der Waals surface area contributed by atoms with Gasteiger partial charge < -0.3 is 0 Å². The van der Waals surface area contributed by atoms with Gasteiger partial charge in [0.15, 0.2) is 0 Å². The minimum absolute atomic E-state index is 0.941. The number of hydrogen-bond donors (Lipinski definition) is 0. The number of ketones is 1. The molecule has 0 radical (unpaired) electrons. The van der Waals surface area contributed by atoms with Crippen molar-refractivity contribution in [1.29, 1.82) is 0 Å². The third-order valence-corrected chi connectivity index (χ3v) is 1.32. The average Bonchev–Trinajstić information content (AvgIpc) is 1.60. The minimum Gasteiger partial charge on any atom is -0.289 e. The standard InChI is InChI=1S/C4H5F3O2S/c1-10(9)2-3(8)4(5,6)7/h2H2,1H3. The first-order chi connectivity index (χ1) is 4.34. The number of carbonyl (C=O) groups is 1. The van der Waals surface area contributed by atoms with E-state index in [4.69, 9.17) is 0 Å². The Labute approximate surface area is 57.9 Å². The van der Waals surface area contributed by atoms with E-state index in [1.54, 1.807) is 0 Å². The summed E-state index contributed by atoms with van der Waals surface area (Å²) in [6, 6.07) is 0. The van der Waals surface area contributed by atoms with Crippen molar-refractivity contribution in [2.24, 2.45) is 0 Å². The molecule has 0 aromatic heterocycles. The molecule has 0 aliphatic rings. The van der Waals surface area contributed by atoms with Crippen molar-refractivity contribution >= 4 is 16.6 Å². The summed E-state index contributed by atoms with van der Waals surface area (Å²) in [5.41, 5.74) is 0. The van der Waals surface area contributed by atoms with E-state index in [0.29, 0.717) is 0 Å². The molecule has 0 amide bonds. The van der Waals surface area contributed by atoms with Crippen molar-refractivity contribution in [2.75, 3.05) is 12.0 Å². The van der Waals surface area contributed by atoms with E-state index in [2.05, 4.69) is 0 Å². The van der Waals surface area contributed by atoms with Gasteiger partial charge in [0.1, 0.15) is 0 Å². The van der Waals surface area contributed by atoms with Crippen LogP contribution < -0.4 is 0 Å². The van der Waals surface area contributed by atoms with Crippen LogP contribution in [-0.2, 0) is 15.6 Å². The van der Waals surface area contributed by atoms with E-state index >= 15 is 0 Å². The molecule has 1 atom stereocenters. The Bertz CT molecular complexity index is 162. The van der Waals surface area contributed by atoms with Gasteiger partial charge in [0.05, 0.1) is 5.75 Å². The third-order valence-electron chi connectivity index (χ3n) is 0.651. The van der Waals surface area contributed by atoms with Gasteiger partial charge in [-0.05, 0) is 0 Å². The van der Waals surface area contributed by atoms with Gasteiger partial charge in [0, 0.05) is 17.1 Å². The molecule has 0 aliphatic heterocycles. The summed E-state index contributed by atoms with van der Waals surface area (Å²) in [7, 11) is -1.71. The first kappa shape index (κ1) is 9.61. The fourth-order valence-corrected chi connectivity index (χ4v) is 0.799. The molecule has 10 heavy (non-hydrogen) atoms. The van der Waals surface area contributed by atoms with E-state index < -0.39 is 28.5 Å². The normalized spacial score (nSPS) is 14.8. The molecule has 1 unspecified atom stereocenters. The van der Waals surface area contributed by atoms with Gasteiger partial charge >= 0.3 is 6.18 Å². The second-order valence-corrected chi connectivity index (χ2v) is 3.07. The summed E-state index contributed by atoms with van der Waals surface area (Å²) in [6.45, 7) is 0. The van der Waals surface area contributed by atoms with Gasteiger partial charge in [-0.25, -0.2) is 0 Å². The van der Waals surface area contributed by atoms with Crippen molar-refractivity contribution in [3.63, 3.8) is 0 Å². The highest BCUT2D eigenvalue weighted by atomic mass is 32.2. The van der Waals surface area contributed by atoms with Crippen LogP contribution in [-0.4, -0.2) is 28.2 Å². The molecule has 0 heterocycles. The predicted octanol–water partition coefficient (Wildman–Crippen LogP) is 0.496. The number of Topliss-reactive ketones (excluding diaryl/α,β-unsaturated/α-hetero) is 1. The Kier molecular flexibility index (Phi) is 3.01. The molecular formula is C4H5F3O2S. The zero-order chi connectivity index (χ0) is 8.36. The Morgan fingerprint density at radius 2 is 1.90 bits per heavy atom. The lowest BCUT2D eigenvalue weighted by Crippen LogP contribution is -2.27. The van der Waals surface area contributed by atoms with E-state index in [-0.39, 0.29) is 0 Å². The highest BCUT2D eigenvalue weighted by Gasteiger charge is 2.38. The van der Waals surface area contributed by atoms with Crippen LogP contribution in [0.2, 0.25) is 0 Å². The van der Waals surface area contributed by atoms with Gasteiger partial charge in [-0.2, -0.15) is 13.2 Å². The minimum atomic E-state index is -4.84. The zero-order valence-electron chi connectivity index (χ0n) is 5.07. The molecule has 0 aromatic rings. The molecule has 0 N–H and O–H groups in total. The number of rotatable bonds is 2. The first-order valence-corrected chi connectivity index (χ1v) is 3.97. The van der Waals surface area contributed by atoms with Crippen LogP contribution in [0.3, 0.4) is 0 Å². The maximum absolute atomic E-state index is 11.3. The Morgan fingerprint density at radius 1 is 1.50 bits per heavy atom. The van der Waals surface area contributed by atoms with E-state index in [9.17, 15) is 22.2 Å². The zero-order valence-corrected chi connectivity index (χ0v) is 5.88. The Hall–Kier alpha value is -0.390. The van der Waals surface area contributed by atoms with Gasteiger partial charge in [-0.15, -0.1) is 0 Å². The van der Waals surface area contributed by atoms with Crippen molar-refractivity contribution in [2.45, 2.75) is 6.18 Å². The summed E-state index contributed by atoms with van der Waals surface area (Å²) >= 11 is 0. The molecule has 2 nitrogen and oxygen atoms in total. The molecule has 0 saturated carbocycles. The van der Waals surface area contributed by atoms with Crippen LogP contribution in [0, 0.1) is 0 Å². The summed E-state index contributed by atoms with van der Waals surface area (Å²) in [5.74, 6) is -2.88. The summed E-state index contributed by atoms with van der Waals surface area (Å²) in [6.07, 6.45) is -3.80. The van der Waals surface area contributed by atoms with Gasteiger partial charge in [0.25, 0.3) is 0 Å². The SMILES string of the molecule is CS(=O)CC(=O)C(F)(F)F. The molecule has 6 heteroatoms. The molecule has 0 spiro atoms. The van der Waals surface area contributed by atoms with Crippen molar-refractivity contribution < 1.29 is 22.2 Å². The Balaban J connectivity index is 3.99. The monoisotopic (exact) mass is 174 g/mol. The molecule has 0 rings (SSSR count). The lowest BCUT2D eigenvalue weighted by atomic mass is 10.4. The fourth-order valence-electron chi connectivity index (χ4n) is 0.266. The lowest BCUT2D eigenvalue weighted by molar-refractivity contribution is -0.168. The highest BCUT2D eigenvalue weighted by Crippen LogP contribution is 2.15. The fraction of sp³-hybridized carbons (Fsp3) is 0.750. The number of halogens is 3. The third kappa shape index (κ3) is 3.60. The van der Waals surface area contributed by atoms with Gasteiger partial charge in [-0.3, -0.25) is 9.00 Å². The maximum atomic E-state index is 11.3. The van der Waals surface area contributed by atoms with Crippen LogP contribution in [0.5, 0.6) is 0 Å². The number of carbonyl (C=O) groups excluding carboxylic acids is 1. The summed E-state index contributed by atoms with van der Waals surface area (Å²) in [4.78, 5) is 9.96. The molecular weight excluding hydrogens is 169 g/mol. The Morgan fingerprint density at radius 3 is 2.00 bits per heavy atom. The van der Waals surface area contributed by atoms with E-state index in [1.807, 2.05) is 0 Å². The van der Waals surface area contributed by atoms with Crippen molar-refractivity contribution in [3.8, 4) is 0 Å². The second kappa shape index (κ2) is 3.14. The summed E-state index contributed by atoms with van der Waals surface area (Å²) in [5, 5.41) is 0. The maximum Gasteiger partial charge on any atom is 0.450 e. The quantitative estimate of drug-likeness (QED) is 0.610. The lowest BCUT2D eigenvalue weighted by Gasteiger charge is -2.01. The number of hydrogen-bond acceptors (Lipinski definition) is 2. The average molecular weight is 174 g/mol. The van der Waals surface area contributed by atoms with Crippen molar-refractivity contribution in [3.05, 3.63) is 0 Å². The van der Waals surface area contributed by atoms with Crippen LogP contribution in [0.25, 0.3) is 0 Å². The molecule has 0 aliphatic carbocycles. The smallest absolute Gasteiger partial charge is 0.289 e. The van der Waals surface area contributed by atoms with Crippen LogP contribution in [0.15, 0.2) is 0 Å². The topological polar surface area (TPSA) is 34.1 Å². The number of alkyl halides is 3. The molecule has 0 bridgehead atoms. The van der Waals surface area contributed by atoms with Crippen LogP contribution in [0.1, 0.15) is 0 Å². The first-order valence-electron chi connectivity index (χ1n) is 2.24. The van der Waals surface area contributed by atoms with Crippen LogP contribution >= 0.6 is 0 Å². The molecule has 0 saturated heterocycles. The second-order valence-electron chi connectivity index (χ2n) is 1.64. The van der Waals surface area contributed by atoms with E-state index in [0.717, 1.165) is 6.26 Å². The van der Waals surface area contributed by atoms with Gasteiger partial charge in [0.2, 0.25) is 5.78 Å². The van der Waals surface area contributed by atoms with Gasteiger partial charge in [-0.1, -0.05) is 0 Å². The van der Waals surface area contributed by atoms with E-state index in [1.165, 1.54) is 0 Å².